The smallest absolute Gasteiger partial charge is 0.233 e. The Bertz CT molecular complexity index is 523. The van der Waals surface area contributed by atoms with E-state index in [1.165, 1.54) is 18.7 Å². The second-order valence-electron chi connectivity index (χ2n) is 5.55. The zero-order valence-corrected chi connectivity index (χ0v) is 14.0. The van der Waals surface area contributed by atoms with E-state index in [9.17, 15) is 9.59 Å². The summed E-state index contributed by atoms with van der Waals surface area (Å²) in [7, 11) is 0. The van der Waals surface area contributed by atoms with Crippen LogP contribution in [0.4, 0.5) is 5.69 Å². The van der Waals surface area contributed by atoms with Crippen molar-refractivity contribution >= 4 is 29.3 Å². The van der Waals surface area contributed by atoms with E-state index in [1.54, 1.807) is 0 Å². The zero-order valence-electron chi connectivity index (χ0n) is 13.2. The van der Waals surface area contributed by atoms with Gasteiger partial charge in [-0.05, 0) is 38.1 Å². The fraction of sp³-hybridized carbons (Fsp3) is 0.500. The van der Waals surface area contributed by atoms with Crippen molar-refractivity contribution in [2.24, 2.45) is 0 Å². The van der Waals surface area contributed by atoms with Gasteiger partial charge in [-0.3, -0.25) is 9.59 Å². The number of benzene rings is 1. The molecule has 2 unspecified atom stereocenters. The molecule has 22 heavy (non-hydrogen) atoms. The van der Waals surface area contributed by atoms with Crippen molar-refractivity contribution in [1.29, 1.82) is 0 Å². The molecule has 5 nitrogen and oxygen atoms in total. The van der Waals surface area contributed by atoms with Crippen LogP contribution in [-0.4, -0.2) is 47.8 Å². The van der Waals surface area contributed by atoms with Gasteiger partial charge in [-0.25, -0.2) is 0 Å². The molecule has 0 radical (unpaired) electrons. The molecular formula is C16H22N2O3S. The molecule has 1 saturated heterocycles. The number of carbonyl (C=O) groups is 2. The first-order valence-electron chi connectivity index (χ1n) is 7.37. The fourth-order valence-electron chi connectivity index (χ4n) is 2.46. The van der Waals surface area contributed by atoms with E-state index in [1.807, 2.05) is 43.0 Å². The fourth-order valence-corrected chi connectivity index (χ4v) is 3.26. The predicted octanol–water partition coefficient (Wildman–Crippen LogP) is 2.37. The number of hydrogen-bond acceptors (Lipinski definition) is 4. The molecule has 2 rings (SSSR count). The van der Waals surface area contributed by atoms with Crippen LogP contribution in [0.1, 0.15) is 20.8 Å². The number of morpholine rings is 1. The second-order valence-corrected chi connectivity index (χ2v) is 6.60. The topological polar surface area (TPSA) is 58.6 Å². The molecule has 6 heteroatoms. The lowest BCUT2D eigenvalue weighted by molar-refractivity contribution is -0.140. The van der Waals surface area contributed by atoms with Crippen LogP contribution < -0.4 is 5.32 Å². The molecule has 0 aliphatic carbocycles. The highest BCUT2D eigenvalue weighted by molar-refractivity contribution is 8.00. The van der Waals surface area contributed by atoms with Gasteiger partial charge < -0.3 is 15.0 Å². The minimum absolute atomic E-state index is 0.0915. The van der Waals surface area contributed by atoms with Crippen LogP contribution in [-0.2, 0) is 14.3 Å². The maximum Gasteiger partial charge on any atom is 0.233 e. The minimum Gasteiger partial charge on any atom is -0.372 e. The molecule has 1 aromatic rings. The van der Waals surface area contributed by atoms with Crippen LogP contribution in [0.25, 0.3) is 0 Å². The maximum atomic E-state index is 12.3. The summed E-state index contributed by atoms with van der Waals surface area (Å²) in [4.78, 5) is 26.1. The molecule has 120 valence electrons. The summed E-state index contributed by atoms with van der Waals surface area (Å²) < 4.78 is 5.64. The van der Waals surface area contributed by atoms with Crippen LogP contribution in [0.2, 0.25) is 0 Å². The van der Waals surface area contributed by atoms with Crippen molar-refractivity contribution in [2.45, 2.75) is 37.9 Å². The number of nitrogens with one attached hydrogen (secondary N) is 1. The highest BCUT2D eigenvalue weighted by Crippen LogP contribution is 2.21. The van der Waals surface area contributed by atoms with Gasteiger partial charge in [-0.1, -0.05) is 0 Å². The summed E-state index contributed by atoms with van der Waals surface area (Å²) in [6.45, 7) is 6.77. The molecule has 1 N–H and O–H groups in total. The van der Waals surface area contributed by atoms with E-state index >= 15 is 0 Å². The summed E-state index contributed by atoms with van der Waals surface area (Å²) >= 11 is 1.51. The summed E-state index contributed by atoms with van der Waals surface area (Å²) in [5.41, 5.74) is 0.763. The van der Waals surface area contributed by atoms with E-state index in [4.69, 9.17) is 4.74 Å². The Balaban J connectivity index is 1.84. The molecule has 1 aliphatic heterocycles. The summed E-state index contributed by atoms with van der Waals surface area (Å²) in [6.07, 6.45) is 0.185. The first-order chi connectivity index (χ1) is 10.4. The lowest BCUT2D eigenvalue weighted by Gasteiger charge is -2.35. The Hall–Kier alpha value is -1.53. The van der Waals surface area contributed by atoms with Crippen molar-refractivity contribution < 1.29 is 14.3 Å². The standard InChI is InChI=1S/C16H22N2O3S/c1-11-8-18(9-12(2)21-11)16(20)10-22-15-6-4-14(5-7-15)17-13(3)19/h4-7,11-12H,8-10H2,1-3H3,(H,17,19). The highest BCUT2D eigenvalue weighted by atomic mass is 32.2. The Morgan fingerprint density at radius 1 is 1.23 bits per heavy atom. The number of carbonyl (C=O) groups excluding carboxylic acids is 2. The van der Waals surface area contributed by atoms with Gasteiger partial charge in [0.15, 0.2) is 0 Å². The van der Waals surface area contributed by atoms with E-state index in [-0.39, 0.29) is 24.0 Å². The molecule has 2 amide bonds. The summed E-state index contributed by atoms with van der Waals surface area (Å²) in [5.74, 6) is 0.461. The van der Waals surface area contributed by atoms with Gasteiger partial charge in [0.2, 0.25) is 11.8 Å². The molecule has 1 aliphatic rings. The third-order valence-corrected chi connectivity index (χ3v) is 4.31. The van der Waals surface area contributed by atoms with Gasteiger partial charge in [-0.15, -0.1) is 11.8 Å². The Kier molecular flexibility index (Phi) is 5.85. The van der Waals surface area contributed by atoms with Gasteiger partial charge >= 0.3 is 0 Å². The maximum absolute atomic E-state index is 12.3. The zero-order chi connectivity index (χ0) is 16.1. The number of ether oxygens (including phenoxy) is 1. The third kappa shape index (κ3) is 5.03. The largest absolute Gasteiger partial charge is 0.372 e. The highest BCUT2D eigenvalue weighted by Gasteiger charge is 2.25. The Morgan fingerprint density at radius 2 is 1.82 bits per heavy atom. The molecule has 1 heterocycles. The molecule has 2 atom stereocenters. The van der Waals surface area contributed by atoms with E-state index in [0.29, 0.717) is 18.8 Å². The van der Waals surface area contributed by atoms with Crippen LogP contribution >= 0.6 is 11.8 Å². The average molecular weight is 322 g/mol. The van der Waals surface area contributed by atoms with E-state index < -0.39 is 0 Å². The molecular weight excluding hydrogens is 300 g/mol. The number of amides is 2. The van der Waals surface area contributed by atoms with Crippen molar-refractivity contribution in [2.75, 3.05) is 24.2 Å². The van der Waals surface area contributed by atoms with Crippen molar-refractivity contribution in [3.63, 3.8) is 0 Å². The van der Waals surface area contributed by atoms with Crippen LogP contribution in [0.5, 0.6) is 0 Å². The van der Waals surface area contributed by atoms with Crippen LogP contribution in [0.3, 0.4) is 0 Å². The lowest BCUT2D eigenvalue weighted by atomic mass is 10.2. The second kappa shape index (κ2) is 7.65. The number of anilines is 1. The molecule has 0 spiro atoms. The molecule has 1 fully saturated rings. The van der Waals surface area contributed by atoms with Gasteiger partial charge in [-0.2, -0.15) is 0 Å². The van der Waals surface area contributed by atoms with Gasteiger partial charge in [0, 0.05) is 30.6 Å². The third-order valence-electron chi connectivity index (χ3n) is 3.31. The van der Waals surface area contributed by atoms with E-state index in [0.717, 1.165) is 10.6 Å². The van der Waals surface area contributed by atoms with Crippen molar-refractivity contribution in [3.8, 4) is 0 Å². The Labute approximate surface area is 135 Å². The van der Waals surface area contributed by atoms with E-state index in [2.05, 4.69) is 5.32 Å². The number of nitrogens with zero attached hydrogens (tertiary/aromatic N) is 1. The van der Waals surface area contributed by atoms with Crippen molar-refractivity contribution in [3.05, 3.63) is 24.3 Å². The van der Waals surface area contributed by atoms with Gasteiger partial charge in [0.1, 0.15) is 0 Å². The van der Waals surface area contributed by atoms with Gasteiger partial charge in [0.05, 0.1) is 18.0 Å². The van der Waals surface area contributed by atoms with Crippen LogP contribution in [0, 0.1) is 0 Å². The molecule has 0 saturated carbocycles. The Morgan fingerprint density at radius 3 is 2.36 bits per heavy atom. The summed E-state index contributed by atoms with van der Waals surface area (Å²) in [5, 5.41) is 2.72. The molecule has 1 aromatic carbocycles. The first kappa shape index (κ1) is 16.8. The van der Waals surface area contributed by atoms with Crippen LogP contribution in [0.15, 0.2) is 29.2 Å². The number of hydrogen-bond donors (Lipinski definition) is 1. The molecule has 0 bridgehead atoms. The average Bonchev–Trinajstić information content (AvgIpc) is 2.44. The number of thioether (sulfide) groups is 1. The monoisotopic (exact) mass is 322 g/mol. The SMILES string of the molecule is CC(=O)Nc1ccc(SCC(=O)N2CC(C)OC(C)C2)cc1. The predicted molar refractivity (Wildman–Crippen MR) is 88.1 cm³/mol. The molecule has 0 aromatic heterocycles. The normalized spacial score (nSPS) is 21.5. The van der Waals surface area contributed by atoms with Crippen molar-refractivity contribution in [1.82, 2.24) is 4.90 Å². The number of rotatable bonds is 4. The minimum atomic E-state index is -0.0915. The lowest BCUT2D eigenvalue weighted by Crippen LogP contribution is -2.48. The van der Waals surface area contributed by atoms with Gasteiger partial charge in [0.25, 0.3) is 0 Å². The first-order valence-corrected chi connectivity index (χ1v) is 8.36. The quantitative estimate of drug-likeness (QED) is 0.865. The summed E-state index contributed by atoms with van der Waals surface area (Å²) in [6, 6.07) is 7.50.